The van der Waals surface area contributed by atoms with E-state index in [0.717, 1.165) is 6.42 Å². The number of hydrogen-bond acceptors (Lipinski definition) is 4. The summed E-state index contributed by atoms with van der Waals surface area (Å²) < 4.78 is 10.4. The molecule has 0 fully saturated rings. The van der Waals surface area contributed by atoms with Crippen LogP contribution in [0.5, 0.6) is 5.75 Å². The smallest absolute Gasteiger partial charge is 0.256 e. The molecule has 5 nitrogen and oxygen atoms in total. The normalized spacial score (nSPS) is 13.2. The van der Waals surface area contributed by atoms with Gasteiger partial charge in [0.15, 0.2) is 0 Å². The van der Waals surface area contributed by atoms with Gasteiger partial charge in [-0.3, -0.25) is 4.79 Å². The highest BCUT2D eigenvalue weighted by Gasteiger charge is 2.32. The van der Waals surface area contributed by atoms with Crippen LogP contribution in [0.3, 0.4) is 0 Å². The second-order valence-electron chi connectivity index (χ2n) is 4.66. The Labute approximate surface area is 119 Å². The summed E-state index contributed by atoms with van der Waals surface area (Å²) in [5.74, 6) is 0.311. The fourth-order valence-corrected chi connectivity index (χ4v) is 1.89. The number of nitriles is 1. The van der Waals surface area contributed by atoms with Crippen molar-refractivity contribution in [2.75, 3.05) is 19.5 Å². The van der Waals surface area contributed by atoms with E-state index in [2.05, 4.69) is 5.32 Å². The van der Waals surface area contributed by atoms with E-state index < -0.39 is 5.60 Å². The molecule has 0 saturated heterocycles. The number of hydrogen-bond donors (Lipinski definition) is 1. The van der Waals surface area contributed by atoms with Crippen LogP contribution >= 0.6 is 0 Å². The van der Waals surface area contributed by atoms with Gasteiger partial charge in [0.05, 0.1) is 18.4 Å². The molecule has 0 radical (unpaired) electrons. The zero-order valence-electron chi connectivity index (χ0n) is 12.3. The van der Waals surface area contributed by atoms with Crippen molar-refractivity contribution in [3.05, 3.63) is 23.8 Å². The second-order valence-corrected chi connectivity index (χ2v) is 4.66. The highest BCUT2D eigenvalue weighted by molar-refractivity contribution is 5.98. The van der Waals surface area contributed by atoms with E-state index in [1.54, 1.807) is 25.1 Å². The van der Waals surface area contributed by atoms with E-state index in [9.17, 15) is 4.79 Å². The van der Waals surface area contributed by atoms with Gasteiger partial charge in [0, 0.05) is 7.11 Å². The molecule has 0 aliphatic rings. The third-order valence-electron chi connectivity index (χ3n) is 3.25. The van der Waals surface area contributed by atoms with Crippen LogP contribution in [0.4, 0.5) is 5.69 Å². The van der Waals surface area contributed by atoms with Crippen LogP contribution in [0, 0.1) is 11.3 Å². The summed E-state index contributed by atoms with van der Waals surface area (Å²) in [5.41, 5.74) is -0.0909. The summed E-state index contributed by atoms with van der Waals surface area (Å²) in [4.78, 5) is 12.3. The van der Waals surface area contributed by atoms with Gasteiger partial charge in [0.2, 0.25) is 0 Å². The molecule has 0 heterocycles. The first-order valence-corrected chi connectivity index (χ1v) is 6.45. The molecule has 0 unspecified atom stereocenters. The number of carbonyl (C=O) groups is 1. The highest BCUT2D eigenvalue weighted by atomic mass is 16.5. The molecule has 1 atom stereocenters. The maximum absolute atomic E-state index is 12.3. The number of rotatable bonds is 6. The molecule has 1 rings (SSSR count). The first-order valence-electron chi connectivity index (χ1n) is 6.45. The predicted molar refractivity (Wildman–Crippen MR) is 76.7 cm³/mol. The first kappa shape index (κ1) is 16.0. The van der Waals surface area contributed by atoms with Gasteiger partial charge >= 0.3 is 0 Å². The lowest BCUT2D eigenvalue weighted by Crippen LogP contribution is -2.41. The monoisotopic (exact) mass is 276 g/mol. The van der Waals surface area contributed by atoms with Gasteiger partial charge in [-0.1, -0.05) is 13.3 Å². The molecule has 1 aromatic rings. The Morgan fingerprint density at radius 3 is 2.65 bits per heavy atom. The molecule has 1 N–H and O–H groups in total. The number of nitrogens with zero attached hydrogens (tertiary/aromatic N) is 1. The van der Waals surface area contributed by atoms with Crippen molar-refractivity contribution in [1.82, 2.24) is 0 Å². The van der Waals surface area contributed by atoms with E-state index in [1.807, 2.05) is 13.0 Å². The Bertz CT molecular complexity index is 522. The molecule has 0 aliphatic carbocycles. The summed E-state index contributed by atoms with van der Waals surface area (Å²) in [5, 5.41) is 11.9. The van der Waals surface area contributed by atoms with Gasteiger partial charge in [-0.25, -0.2) is 0 Å². The predicted octanol–water partition coefficient (Wildman–Crippen LogP) is 2.71. The molecule has 20 heavy (non-hydrogen) atoms. The van der Waals surface area contributed by atoms with Crippen molar-refractivity contribution in [3.63, 3.8) is 0 Å². The number of amides is 1. The van der Waals surface area contributed by atoms with Crippen molar-refractivity contribution < 1.29 is 14.3 Å². The summed E-state index contributed by atoms with van der Waals surface area (Å²) >= 11 is 0. The molecule has 108 valence electrons. The van der Waals surface area contributed by atoms with E-state index >= 15 is 0 Å². The van der Waals surface area contributed by atoms with Crippen LogP contribution in [-0.2, 0) is 9.53 Å². The average Bonchev–Trinajstić information content (AvgIpc) is 2.47. The molecule has 1 amide bonds. The lowest BCUT2D eigenvalue weighted by molar-refractivity contribution is -0.136. The first-order chi connectivity index (χ1) is 9.50. The zero-order chi connectivity index (χ0) is 15.2. The molecular weight excluding hydrogens is 256 g/mol. The van der Waals surface area contributed by atoms with Crippen molar-refractivity contribution in [2.45, 2.75) is 32.3 Å². The van der Waals surface area contributed by atoms with Crippen LogP contribution in [-0.4, -0.2) is 25.7 Å². The minimum absolute atomic E-state index is 0.261. The van der Waals surface area contributed by atoms with Gasteiger partial charge in [-0.05, 0) is 31.5 Å². The fourth-order valence-electron chi connectivity index (χ4n) is 1.89. The molecule has 0 spiro atoms. The largest absolute Gasteiger partial charge is 0.497 e. The van der Waals surface area contributed by atoms with Crippen molar-refractivity contribution in [3.8, 4) is 11.8 Å². The average molecular weight is 276 g/mol. The fraction of sp³-hybridized carbons (Fsp3) is 0.467. The number of carbonyl (C=O) groups excluding carboxylic acids is 1. The van der Waals surface area contributed by atoms with E-state index in [4.69, 9.17) is 14.7 Å². The third-order valence-corrected chi connectivity index (χ3v) is 3.25. The number of anilines is 1. The quantitative estimate of drug-likeness (QED) is 0.867. The van der Waals surface area contributed by atoms with E-state index in [0.29, 0.717) is 23.4 Å². The van der Waals surface area contributed by atoms with Gasteiger partial charge in [0.1, 0.15) is 17.4 Å². The number of nitrogens with one attached hydrogen (secondary N) is 1. The number of benzene rings is 1. The summed E-state index contributed by atoms with van der Waals surface area (Å²) in [6.07, 6.45) is 1.43. The van der Waals surface area contributed by atoms with Crippen LogP contribution in [0.25, 0.3) is 0 Å². The Morgan fingerprint density at radius 1 is 1.45 bits per heavy atom. The maximum Gasteiger partial charge on any atom is 0.256 e. The van der Waals surface area contributed by atoms with Crippen LogP contribution < -0.4 is 10.1 Å². The second kappa shape index (κ2) is 6.92. The maximum atomic E-state index is 12.3. The molecule has 5 heteroatoms. The lowest BCUT2D eigenvalue weighted by atomic mass is 9.99. The van der Waals surface area contributed by atoms with Crippen molar-refractivity contribution in [2.24, 2.45) is 0 Å². The molecular formula is C15H20N2O3. The number of ether oxygens (including phenoxy) is 2. The molecule has 1 aromatic carbocycles. The summed E-state index contributed by atoms with van der Waals surface area (Å²) in [6.45, 7) is 3.72. The summed E-state index contributed by atoms with van der Waals surface area (Å²) in [7, 11) is 3.03. The Balaban J connectivity index is 2.98. The highest BCUT2D eigenvalue weighted by Crippen LogP contribution is 2.24. The molecule has 0 bridgehead atoms. The van der Waals surface area contributed by atoms with Gasteiger partial charge in [0.25, 0.3) is 5.91 Å². The topological polar surface area (TPSA) is 71.3 Å². The van der Waals surface area contributed by atoms with Crippen LogP contribution in [0.1, 0.15) is 32.3 Å². The SMILES string of the molecule is CCC[C@@](C)(OC)C(=O)Nc1ccc(OC)cc1C#N. The molecule has 0 saturated carbocycles. The minimum Gasteiger partial charge on any atom is -0.497 e. The standard InChI is InChI=1S/C15H20N2O3/c1-5-8-15(2,20-4)14(18)17-13-7-6-12(19-3)9-11(13)10-16/h6-7,9H,5,8H2,1-4H3,(H,17,18)/t15-/m1/s1. The van der Waals surface area contributed by atoms with Gasteiger partial charge in [-0.15, -0.1) is 0 Å². The minimum atomic E-state index is -0.901. The summed E-state index contributed by atoms with van der Waals surface area (Å²) in [6, 6.07) is 6.97. The van der Waals surface area contributed by atoms with Crippen LogP contribution in [0.2, 0.25) is 0 Å². The van der Waals surface area contributed by atoms with Crippen molar-refractivity contribution in [1.29, 1.82) is 5.26 Å². The Kier molecular flexibility index (Phi) is 5.53. The Hall–Kier alpha value is -2.06. The Morgan fingerprint density at radius 2 is 2.15 bits per heavy atom. The van der Waals surface area contributed by atoms with Gasteiger partial charge in [-0.2, -0.15) is 5.26 Å². The van der Waals surface area contributed by atoms with Gasteiger partial charge < -0.3 is 14.8 Å². The number of methoxy groups -OCH3 is 2. The third kappa shape index (κ3) is 3.49. The zero-order valence-corrected chi connectivity index (χ0v) is 12.3. The van der Waals surface area contributed by atoms with E-state index in [-0.39, 0.29) is 5.91 Å². The van der Waals surface area contributed by atoms with Crippen LogP contribution in [0.15, 0.2) is 18.2 Å². The van der Waals surface area contributed by atoms with Crippen molar-refractivity contribution >= 4 is 11.6 Å². The molecule has 0 aliphatic heterocycles. The lowest BCUT2D eigenvalue weighted by Gasteiger charge is -2.26. The van der Waals surface area contributed by atoms with E-state index in [1.165, 1.54) is 14.2 Å². The molecule has 0 aromatic heterocycles.